The summed E-state index contributed by atoms with van der Waals surface area (Å²) in [5, 5.41) is 8.85. The number of sulfone groups is 1. The lowest BCUT2D eigenvalue weighted by atomic mass is 10.1. The van der Waals surface area contributed by atoms with Gasteiger partial charge in [0.05, 0.1) is 22.3 Å². The zero-order valence-corrected chi connectivity index (χ0v) is 13.6. The summed E-state index contributed by atoms with van der Waals surface area (Å²) in [5.74, 6) is 0.686. The minimum absolute atomic E-state index is 0.142. The van der Waals surface area contributed by atoms with Crippen LogP contribution in [0.5, 0.6) is 11.5 Å². The third kappa shape index (κ3) is 2.12. The molecule has 1 fully saturated rings. The van der Waals surface area contributed by atoms with Gasteiger partial charge in [0.1, 0.15) is 0 Å². The van der Waals surface area contributed by atoms with E-state index in [9.17, 15) is 13.5 Å². The van der Waals surface area contributed by atoms with Crippen molar-refractivity contribution < 1.29 is 23.0 Å². The van der Waals surface area contributed by atoms with Gasteiger partial charge in [0.15, 0.2) is 21.3 Å². The van der Waals surface area contributed by atoms with Crippen molar-refractivity contribution in [3.05, 3.63) is 54.1 Å². The molecule has 2 aliphatic rings. The molecule has 1 aliphatic heterocycles. The molecule has 0 amide bonds. The average molecular weight is 347 g/mol. The van der Waals surface area contributed by atoms with E-state index in [2.05, 4.69) is 0 Å². The molecule has 3 atom stereocenters. The first kappa shape index (κ1) is 15.4. The number of hydrogen-bond donors (Lipinski definition) is 2. The van der Waals surface area contributed by atoms with E-state index in [1.54, 1.807) is 48.5 Å². The minimum Gasteiger partial charge on any atom is -0.454 e. The van der Waals surface area contributed by atoms with E-state index in [1.165, 1.54) is 0 Å². The molecule has 126 valence electrons. The number of aliphatic hydroxyl groups is 1. The molecule has 2 aromatic rings. The molecule has 1 saturated carbocycles. The maximum absolute atomic E-state index is 12.9. The number of ether oxygens (including phenoxy) is 2. The van der Waals surface area contributed by atoms with Gasteiger partial charge in [-0.2, -0.15) is 0 Å². The quantitative estimate of drug-likeness (QED) is 0.858. The molecule has 0 radical (unpaired) electrons. The van der Waals surface area contributed by atoms with E-state index < -0.39 is 33.2 Å². The van der Waals surface area contributed by atoms with E-state index in [4.69, 9.17) is 15.2 Å². The fourth-order valence-corrected chi connectivity index (χ4v) is 5.75. The van der Waals surface area contributed by atoms with Crippen molar-refractivity contribution >= 4 is 9.84 Å². The average Bonchev–Trinajstić information content (AvgIpc) is 3.00. The summed E-state index contributed by atoms with van der Waals surface area (Å²) < 4.78 is 36.5. The second kappa shape index (κ2) is 5.20. The van der Waals surface area contributed by atoms with Crippen molar-refractivity contribution in [1.29, 1.82) is 0 Å². The van der Waals surface area contributed by atoms with Crippen molar-refractivity contribution in [2.75, 3.05) is 13.4 Å². The molecule has 3 N–H and O–H groups in total. The van der Waals surface area contributed by atoms with Gasteiger partial charge in [-0.05, 0) is 29.8 Å². The van der Waals surface area contributed by atoms with Crippen molar-refractivity contribution in [1.82, 2.24) is 0 Å². The molecule has 0 aromatic heterocycles. The molecule has 1 heterocycles. The van der Waals surface area contributed by atoms with E-state index >= 15 is 0 Å². The lowest BCUT2D eigenvalue weighted by Crippen LogP contribution is -2.35. The standard InChI is InChI=1S/C17H17NO5S/c18-17(9-19)15(11-6-7-13-14(8-11)23-10-22-13)16(17)24(20,21)12-4-2-1-3-5-12/h1-8,15-16,19H,9-10,18H2/t15-,16+,17+/m1/s1. The van der Waals surface area contributed by atoms with Gasteiger partial charge in [0.2, 0.25) is 6.79 Å². The summed E-state index contributed by atoms with van der Waals surface area (Å²) in [5.41, 5.74) is 5.75. The topological polar surface area (TPSA) is 98.8 Å². The Morgan fingerprint density at radius 2 is 1.83 bits per heavy atom. The Bertz CT molecular complexity index is 883. The van der Waals surface area contributed by atoms with Gasteiger partial charge >= 0.3 is 0 Å². The highest BCUT2D eigenvalue weighted by atomic mass is 32.2. The fourth-order valence-electron chi connectivity index (χ4n) is 3.43. The number of benzene rings is 2. The van der Waals surface area contributed by atoms with E-state index in [0.29, 0.717) is 11.5 Å². The Morgan fingerprint density at radius 1 is 1.12 bits per heavy atom. The highest BCUT2D eigenvalue weighted by molar-refractivity contribution is 7.92. The molecule has 4 rings (SSSR count). The maximum Gasteiger partial charge on any atom is 0.231 e. The second-order valence-electron chi connectivity index (χ2n) is 6.14. The first-order chi connectivity index (χ1) is 11.5. The Morgan fingerprint density at radius 3 is 2.54 bits per heavy atom. The summed E-state index contributed by atoms with van der Waals surface area (Å²) in [7, 11) is -3.65. The lowest BCUT2D eigenvalue weighted by Gasteiger charge is -2.08. The molecule has 0 spiro atoms. The van der Waals surface area contributed by atoms with Crippen LogP contribution in [0.2, 0.25) is 0 Å². The van der Waals surface area contributed by atoms with Crippen molar-refractivity contribution in [3.63, 3.8) is 0 Å². The summed E-state index contributed by atoms with van der Waals surface area (Å²) >= 11 is 0. The molecule has 7 heteroatoms. The van der Waals surface area contributed by atoms with Gasteiger partial charge in [-0.25, -0.2) is 8.42 Å². The van der Waals surface area contributed by atoms with Gasteiger partial charge in [0, 0.05) is 5.92 Å². The molecule has 1 aliphatic carbocycles. The predicted octanol–water partition coefficient (Wildman–Crippen LogP) is 1.04. The number of aliphatic hydroxyl groups excluding tert-OH is 1. The van der Waals surface area contributed by atoms with Gasteiger partial charge < -0.3 is 20.3 Å². The van der Waals surface area contributed by atoms with Crippen LogP contribution < -0.4 is 15.2 Å². The Kier molecular flexibility index (Phi) is 3.35. The summed E-state index contributed by atoms with van der Waals surface area (Å²) in [6, 6.07) is 13.4. The van der Waals surface area contributed by atoms with Gasteiger partial charge in [-0.3, -0.25) is 0 Å². The Balaban J connectivity index is 1.74. The van der Waals surface area contributed by atoms with Crippen LogP contribution in [-0.2, 0) is 9.84 Å². The molecule has 0 unspecified atom stereocenters. The van der Waals surface area contributed by atoms with Crippen LogP contribution in [0, 0.1) is 0 Å². The number of fused-ring (bicyclic) bond motifs is 1. The van der Waals surface area contributed by atoms with Gasteiger partial charge in [-0.1, -0.05) is 24.3 Å². The summed E-state index contributed by atoms with van der Waals surface area (Å²) in [4.78, 5) is 0.210. The summed E-state index contributed by atoms with van der Waals surface area (Å²) in [6.07, 6.45) is 0. The van der Waals surface area contributed by atoms with Crippen LogP contribution in [-0.4, -0.2) is 37.7 Å². The van der Waals surface area contributed by atoms with Crippen LogP contribution in [0.15, 0.2) is 53.4 Å². The van der Waals surface area contributed by atoms with Crippen LogP contribution in [0.25, 0.3) is 0 Å². The third-order valence-electron chi connectivity index (χ3n) is 4.74. The molecular weight excluding hydrogens is 330 g/mol. The number of rotatable bonds is 4. The smallest absolute Gasteiger partial charge is 0.231 e. The molecule has 6 nitrogen and oxygen atoms in total. The highest BCUT2D eigenvalue weighted by Crippen LogP contribution is 2.56. The van der Waals surface area contributed by atoms with Crippen LogP contribution >= 0.6 is 0 Å². The van der Waals surface area contributed by atoms with E-state index in [1.807, 2.05) is 0 Å². The Labute approximate surface area is 139 Å². The van der Waals surface area contributed by atoms with Crippen LogP contribution in [0.3, 0.4) is 0 Å². The normalized spacial score (nSPS) is 27.9. The zero-order chi connectivity index (χ0) is 16.9. The molecule has 24 heavy (non-hydrogen) atoms. The van der Waals surface area contributed by atoms with Crippen LogP contribution in [0.1, 0.15) is 11.5 Å². The molecule has 0 bridgehead atoms. The maximum atomic E-state index is 12.9. The SMILES string of the molecule is N[C@@]1(CO)[C@H](c2ccc3c(c2)OCO3)[C@@H]1S(=O)(=O)c1ccccc1. The lowest BCUT2D eigenvalue weighted by molar-refractivity contribution is 0.174. The first-order valence-electron chi connectivity index (χ1n) is 7.57. The molecule has 0 saturated heterocycles. The number of nitrogens with two attached hydrogens (primary N) is 1. The Hall–Kier alpha value is -2.09. The zero-order valence-electron chi connectivity index (χ0n) is 12.8. The van der Waals surface area contributed by atoms with Crippen molar-refractivity contribution in [2.24, 2.45) is 5.73 Å². The first-order valence-corrected chi connectivity index (χ1v) is 9.11. The van der Waals surface area contributed by atoms with Gasteiger partial charge in [0.25, 0.3) is 0 Å². The summed E-state index contributed by atoms with van der Waals surface area (Å²) in [6.45, 7) is -0.272. The van der Waals surface area contributed by atoms with Gasteiger partial charge in [-0.15, -0.1) is 0 Å². The van der Waals surface area contributed by atoms with E-state index in [-0.39, 0.29) is 11.7 Å². The third-order valence-corrected chi connectivity index (χ3v) is 7.05. The monoisotopic (exact) mass is 347 g/mol. The van der Waals surface area contributed by atoms with Crippen molar-refractivity contribution in [2.45, 2.75) is 21.6 Å². The van der Waals surface area contributed by atoms with Crippen LogP contribution in [0.4, 0.5) is 0 Å². The second-order valence-corrected chi connectivity index (χ2v) is 8.21. The van der Waals surface area contributed by atoms with Crippen molar-refractivity contribution in [3.8, 4) is 11.5 Å². The predicted molar refractivity (Wildman–Crippen MR) is 86.7 cm³/mol. The minimum atomic E-state index is -3.65. The highest BCUT2D eigenvalue weighted by Gasteiger charge is 2.69. The molecule has 2 aromatic carbocycles. The molecular formula is C17H17NO5S. The number of hydrogen-bond acceptors (Lipinski definition) is 6. The fraction of sp³-hybridized carbons (Fsp3) is 0.294. The largest absolute Gasteiger partial charge is 0.454 e. The van der Waals surface area contributed by atoms with E-state index in [0.717, 1.165) is 5.56 Å².